The zero-order valence-corrected chi connectivity index (χ0v) is 16.0. The minimum Gasteiger partial charge on any atom is -0.489 e. The van der Waals surface area contributed by atoms with E-state index in [2.05, 4.69) is 15.8 Å². The third-order valence-electron chi connectivity index (χ3n) is 4.06. The van der Waals surface area contributed by atoms with Crippen LogP contribution in [0.4, 0.5) is 11.4 Å². The van der Waals surface area contributed by atoms with Gasteiger partial charge in [-0.15, -0.1) is 0 Å². The highest BCUT2D eigenvalue weighted by molar-refractivity contribution is 5.84. The first kappa shape index (κ1) is 20.5. The number of nitro benzene ring substituents is 1. The van der Waals surface area contributed by atoms with Crippen molar-refractivity contribution in [3.05, 3.63) is 100 Å². The molecule has 0 aliphatic rings. The number of hydrogen-bond acceptors (Lipinski definition) is 6. The minimum absolute atomic E-state index is 0.0466. The van der Waals surface area contributed by atoms with Crippen LogP contribution in [0, 0.1) is 10.1 Å². The Balaban J connectivity index is 1.42. The van der Waals surface area contributed by atoms with Gasteiger partial charge in [0.1, 0.15) is 12.4 Å². The van der Waals surface area contributed by atoms with E-state index >= 15 is 0 Å². The summed E-state index contributed by atoms with van der Waals surface area (Å²) in [6, 6.07) is 22.8. The minimum atomic E-state index is -0.437. The predicted octanol–water partition coefficient (Wildman–Crippen LogP) is 3.74. The number of benzene rings is 3. The van der Waals surface area contributed by atoms with E-state index in [1.165, 1.54) is 12.1 Å². The summed E-state index contributed by atoms with van der Waals surface area (Å²) in [5, 5.41) is 17.6. The van der Waals surface area contributed by atoms with Crippen LogP contribution < -0.4 is 15.5 Å². The smallest absolute Gasteiger partial charge is 0.269 e. The largest absolute Gasteiger partial charge is 0.489 e. The van der Waals surface area contributed by atoms with Crippen molar-refractivity contribution >= 4 is 23.5 Å². The van der Waals surface area contributed by atoms with Crippen LogP contribution in [-0.2, 0) is 11.4 Å². The predicted molar refractivity (Wildman–Crippen MR) is 115 cm³/mol. The average Bonchev–Trinajstić information content (AvgIpc) is 2.78. The maximum Gasteiger partial charge on any atom is 0.269 e. The van der Waals surface area contributed by atoms with E-state index < -0.39 is 4.92 Å². The summed E-state index contributed by atoms with van der Waals surface area (Å²) in [5.74, 6) is 0.403. The third-order valence-corrected chi connectivity index (χ3v) is 4.06. The van der Waals surface area contributed by atoms with E-state index in [1.807, 2.05) is 42.5 Å². The number of carbonyl (C=O) groups is 1. The molecule has 0 bridgehead atoms. The quantitative estimate of drug-likeness (QED) is 0.321. The first-order valence-corrected chi connectivity index (χ1v) is 9.17. The van der Waals surface area contributed by atoms with Crippen LogP contribution >= 0.6 is 0 Å². The number of rotatable bonds is 9. The number of nitro groups is 1. The van der Waals surface area contributed by atoms with Gasteiger partial charge in [-0.1, -0.05) is 18.2 Å². The maximum atomic E-state index is 11.8. The molecule has 0 fully saturated rings. The Labute approximate surface area is 173 Å². The Kier molecular flexibility index (Phi) is 7.10. The number of para-hydroxylation sites is 1. The van der Waals surface area contributed by atoms with Gasteiger partial charge < -0.3 is 10.1 Å². The van der Waals surface area contributed by atoms with Gasteiger partial charge in [0.25, 0.3) is 11.6 Å². The molecule has 3 rings (SSSR count). The van der Waals surface area contributed by atoms with Crippen molar-refractivity contribution < 1.29 is 14.5 Å². The van der Waals surface area contributed by atoms with Crippen molar-refractivity contribution in [1.29, 1.82) is 0 Å². The van der Waals surface area contributed by atoms with Crippen LogP contribution in [0.1, 0.15) is 11.1 Å². The van der Waals surface area contributed by atoms with Gasteiger partial charge in [0, 0.05) is 17.8 Å². The van der Waals surface area contributed by atoms with Gasteiger partial charge in [0.05, 0.1) is 17.7 Å². The number of hydrogen-bond donors (Lipinski definition) is 2. The fraction of sp³-hybridized carbons (Fsp3) is 0.0909. The Morgan fingerprint density at radius 2 is 1.70 bits per heavy atom. The molecule has 0 saturated heterocycles. The van der Waals surface area contributed by atoms with E-state index in [9.17, 15) is 14.9 Å². The lowest BCUT2D eigenvalue weighted by Gasteiger charge is -2.06. The molecular weight excluding hydrogens is 384 g/mol. The summed E-state index contributed by atoms with van der Waals surface area (Å²) in [5.41, 5.74) is 5.00. The van der Waals surface area contributed by atoms with Crippen molar-refractivity contribution in [2.75, 3.05) is 11.9 Å². The van der Waals surface area contributed by atoms with E-state index in [0.29, 0.717) is 12.4 Å². The lowest BCUT2D eigenvalue weighted by molar-refractivity contribution is -0.384. The summed E-state index contributed by atoms with van der Waals surface area (Å²) in [4.78, 5) is 22.0. The van der Waals surface area contributed by atoms with E-state index in [-0.39, 0.29) is 18.1 Å². The lowest BCUT2D eigenvalue weighted by atomic mass is 10.2. The SMILES string of the molecule is O=C(CNc1ccccc1)N/N=C\c1ccc(OCc2ccc([N+](=O)[O-])cc2)cc1. The topological polar surface area (TPSA) is 106 Å². The molecule has 0 aliphatic heterocycles. The molecule has 0 aliphatic carbocycles. The summed E-state index contributed by atoms with van der Waals surface area (Å²) in [7, 11) is 0. The van der Waals surface area contributed by atoms with Gasteiger partial charge in [0.15, 0.2) is 0 Å². The summed E-state index contributed by atoms with van der Waals surface area (Å²) in [6.45, 7) is 0.423. The molecule has 8 nitrogen and oxygen atoms in total. The second-order valence-corrected chi connectivity index (χ2v) is 6.29. The summed E-state index contributed by atoms with van der Waals surface area (Å²) >= 11 is 0. The van der Waals surface area contributed by atoms with Crippen LogP contribution in [-0.4, -0.2) is 23.6 Å². The van der Waals surface area contributed by atoms with Crippen LogP contribution in [0.2, 0.25) is 0 Å². The fourth-order valence-electron chi connectivity index (χ4n) is 2.49. The molecule has 152 valence electrons. The average molecular weight is 404 g/mol. The molecule has 0 heterocycles. The standard InChI is InChI=1S/C22H20N4O4/c27-22(15-23-19-4-2-1-3-5-19)25-24-14-17-8-12-21(13-9-17)30-16-18-6-10-20(11-7-18)26(28)29/h1-14,23H,15-16H2,(H,25,27)/b24-14-. The number of ether oxygens (including phenoxy) is 1. The molecular formula is C22H20N4O4. The Hall–Kier alpha value is -4.20. The van der Waals surface area contributed by atoms with E-state index in [1.54, 1.807) is 30.5 Å². The fourth-order valence-corrected chi connectivity index (χ4v) is 2.49. The van der Waals surface area contributed by atoms with Crippen molar-refractivity contribution in [3.8, 4) is 5.75 Å². The van der Waals surface area contributed by atoms with Gasteiger partial charge in [-0.25, -0.2) is 5.43 Å². The lowest BCUT2D eigenvalue weighted by Crippen LogP contribution is -2.25. The van der Waals surface area contributed by atoms with Gasteiger partial charge in [0.2, 0.25) is 0 Å². The van der Waals surface area contributed by atoms with Crippen molar-refractivity contribution in [2.45, 2.75) is 6.61 Å². The first-order chi connectivity index (χ1) is 14.6. The molecule has 0 aromatic heterocycles. The normalized spacial score (nSPS) is 10.5. The molecule has 1 amide bonds. The summed E-state index contributed by atoms with van der Waals surface area (Å²) in [6.07, 6.45) is 1.54. The van der Waals surface area contributed by atoms with Crippen LogP contribution in [0.3, 0.4) is 0 Å². The second kappa shape index (κ2) is 10.4. The zero-order chi connectivity index (χ0) is 21.2. The highest BCUT2D eigenvalue weighted by atomic mass is 16.6. The Morgan fingerprint density at radius 1 is 1.00 bits per heavy atom. The zero-order valence-electron chi connectivity index (χ0n) is 16.0. The number of nitrogens with one attached hydrogen (secondary N) is 2. The molecule has 3 aromatic carbocycles. The first-order valence-electron chi connectivity index (χ1n) is 9.17. The Bertz CT molecular complexity index is 1000. The molecule has 0 saturated carbocycles. The van der Waals surface area contributed by atoms with Gasteiger partial charge >= 0.3 is 0 Å². The maximum absolute atomic E-state index is 11.8. The number of non-ortho nitro benzene ring substituents is 1. The second-order valence-electron chi connectivity index (χ2n) is 6.29. The molecule has 30 heavy (non-hydrogen) atoms. The van der Waals surface area contributed by atoms with Crippen molar-refractivity contribution in [3.63, 3.8) is 0 Å². The number of carbonyl (C=O) groups excluding carboxylic acids is 1. The highest BCUT2D eigenvalue weighted by Crippen LogP contribution is 2.16. The van der Waals surface area contributed by atoms with E-state index in [4.69, 9.17) is 4.74 Å². The molecule has 0 radical (unpaired) electrons. The Morgan fingerprint density at radius 3 is 2.37 bits per heavy atom. The van der Waals surface area contributed by atoms with Crippen molar-refractivity contribution in [2.24, 2.45) is 5.10 Å². The van der Waals surface area contributed by atoms with Gasteiger partial charge in [-0.05, 0) is 59.7 Å². The third kappa shape index (κ3) is 6.45. The van der Waals surface area contributed by atoms with Crippen LogP contribution in [0.15, 0.2) is 84.0 Å². The summed E-state index contributed by atoms with van der Waals surface area (Å²) < 4.78 is 5.67. The molecule has 0 atom stereocenters. The van der Waals surface area contributed by atoms with Crippen LogP contribution in [0.25, 0.3) is 0 Å². The molecule has 0 unspecified atom stereocenters. The van der Waals surface area contributed by atoms with Gasteiger partial charge in [-0.3, -0.25) is 14.9 Å². The van der Waals surface area contributed by atoms with Crippen LogP contribution in [0.5, 0.6) is 5.75 Å². The van der Waals surface area contributed by atoms with E-state index in [0.717, 1.165) is 16.8 Å². The molecule has 3 aromatic rings. The number of hydrazone groups is 1. The number of amides is 1. The number of nitrogens with zero attached hydrogens (tertiary/aromatic N) is 2. The van der Waals surface area contributed by atoms with Gasteiger partial charge in [-0.2, -0.15) is 5.10 Å². The molecule has 8 heteroatoms. The monoisotopic (exact) mass is 404 g/mol. The number of anilines is 1. The highest BCUT2D eigenvalue weighted by Gasteiger charge is 2.04. The molecule has 0 spiro atoms. The van der Waals surface area contributed by atoms with Crippen molar-refractivity contribution in [1.82, 2.24) is 5.43 Å². The molecule has 2 N–H and O–H groups in total.